The predicted molar refractivity (Wildman–Crippen MR) is 134 cm³/mol. The molecule has 0 fully saturated rings. The molecule has 0 bridgehead atoms. The number of aromatic nitrogens is 2. The third-order valence-corrected chi connectivity index (χ3v) is 6.43. The minimum Gasteiger partial charge on any atom is -0.309 e. The van der Waals surface area contributed by atoms with Crippen LogP contribution in [0.4, 0.5) is 0 Å². The normalized spacial score (nSPS) is 11.8. The number of benzene rings is 5. The van der Waals surface area contributed by atoms with E-state index < -0.39 is 0 Å². The largest absolute Gasteiger partial charge is 0.309 e. The van der Waals surface area contributed by atoms with E-state index in [1.54, 1.807) is 0 Å². The minimum absolute atomic E-state index is 1.06. The van der Waals surface area contributed by atoms with E-state index in [1.165, 1.54) is 49.3 Å². The fraction of sp³-hybridized carbons (Fsp3) is 0. The summed E-state index contributed by atoms with van der Waals surface area (Å²) in [6, 6.07) is 44.3. The number of para-hydroxylation sites is 4. The first kappa shape index (κ1) is 17.4. The van der Waals surface area contributed by atoms with Gasteiger partial charge in [-0.1, -0.05) is 72.8 Å². The summed E-state index contributed by atoms with van der Waals surface area (Å²) in [6.07, 6.45) is 0. The Kier molecular flexibility index (Phi) is 3.58. The second kappa shape index (κ2) is 6.60. The highest BCUT2D eigenvalue weighted by atomic mass is 15.0. The summed E-state index contributed by atoms with van der Waals surface area (Å²) in [5, 5.41) is 5.06. The molecular weight excluding hydrogens is 388 g/mol. The van der Waals surface area contributed by atoms with Gasteiger partial charge in [0.15, 0.2) is 0 Å². The van der Waals surface area contributed by atoms with Gasteiger partial charge in [0.1, 0.15) is 0 Å². The summed E-state index contributed by atoms with van der Waals surface area (Å²) in [5.74, 6) is 0. The van der Waals surface area contributed by atoms with E-state index in [-0.39, 0.29) is 0 Å². The molecule has 0 saturated heterocycles. The standard InChI is InChI=1S/C30H19N2/c1-2-10-21(11-3-1)31-29-17-9-6-14-25(29)26-20-22(18-19-30(26)31)32-27-15-7-4-12-23(27)24-13-5-8-16-28(24)32/h1-10,12-20H. The molecule has 32 heavy (non-hydrogen) atoms. The monoisotopic (exact) mass is 407 g/mol. The van der Waals surface area contributed by atoms with Crippen LogP contribution >= 0.6 is 0 Å². The zero-order chi connectivity index (χ0) is 21.1. The van der Waals surface area contributed by atoms with Gasteiger partial charge in [0.25, 0.3) is 0 Å². The van der Waals surface area contributed by atoms with Gasteiger partial charge in [-0.3, -0.25) is 0 Å². The topological polar surface area (TPSA) is 9.86 Å². The van der Waals surface area contributed by atoms with Crippen LogP contribution in [-0.4, -0.2) is 9.13 Å². The molecule has 0 aliphatic heterocycles. The molecule has 2 heterocycles. The van der Waals surface area contributed by atoms with Gasteiger partial charge in [0.05, 0.1) is 27.8 Å². The number of hydrogen-bond donors (Lipinski definition) is 0. The number of hydrogen-bond acceptors (Lipinski definition) is 0. The van der Waals surface area contributed by atoms with Crippen LogP contribution in [0, 0.1) is 6.07 Å². The van der Waals surface area contributed by atoms with Crippen molar-refractivity contribution in [2.24, 2.45) is 0 Å². The molecule has 1 radical (unpaired) electrons. The third kappa shape index (κ3) is 2.35. The van der Waals surface area contributed by atoms with Gasteiger partial charge < -0.3 is 9.13 Å². The lowest BCUT2D eigenvalue weighted by atomic mass is 10.1. The van der Waals surface area contributed by atoms with Crippen molar-refractivity contribution in [1.82, 2.24) is 9.13 Å². The molecule has 0 atom stereocenters. The summed E-state index contributed by atoms with van der Waals surface area (Å²) < 4.78 is 4.69. The maximum absolute atomic E-state index is 3.40. The Morgan fingerprint density at radius 3 is 1.59 bits per heavy atom. The summed E-state index contributed by atoms with van der Waals surface area (Å²) in [5.41, 5.74) is 7.09. The maximum Gasteiger partial charge on any atom is 0.0542 e. The van der Waals surface area contributed by atoms with Crippen molar-refractivity contribution in [3.05, 3.63) is 121 Å². The van der Waals surface area contributed by atoms with Gasteiger partial charge in [0, 0.05) is 33.3 Å². The van der Waals surface area contributed by atoms with Crippen molar-refractivity contribution in [2.45, 2.75) is 0 Å². The molecule has 0 aliphatic carbocycles. The second-order valence-electron chi connectivity index (χ2n) is 8.17. The highest BCUT2D eigenvalue weighted by Gasteiger charge is 2.15. The molecule has 0 unspecified atom stereocenters. The Morgan fingerprint density at radius 1 is 0.438 bits per heavy atom. The SMILES string of the molecule is [c]1ccccc1-n1c2ccccc2c2cc(-n3c4ccccc4c4ccccc43)ccc21. The molecule has 2 aromatic heterocycles. The van der Waals surface area contributed by atoms with Crippen LogP contribution < -0.4 is 0 Å². The van der Waals surface area contributed by atoms with E-state index in [1.807, 2.05) is 12.1 Å². The van der Waals surface area contributed by atoms with Gasteiger partial charge in [-0.2, -0.15) is 0 Å². The Balaban J connectivity index is 1.59. The first-order valence-corrected chi connectivity index (χ1v) is 10.9. The zero-order valence-electron chi connectivity index (χ0n) is 17.4. The molecule has 7 rings (SSSR count). The molecule has 0 spiro atoms. The minimum atomic E-state index is 1.06. The van der Waals surface area contributed by atoms with Crippen LogP contribution in [0.1, 0.15) is 0 Å². The average Bonchev–Trinajstić information content (AvgIpc) is 3.37. The van der Waals surface area contributed by atoms with Crippen LogP contribution in [0.25, 0.3) is 55.0 Å². The van der Waals surface area contributed by atoms with Crippen molar-refractivity contribution < 1.29 is 0 Å². The van der Waals surface area contributed by atoms with Crippen LogP contribution in [0.2, 0.25) is 0 Å². The van der Waals surface area contributed by atoms with Crippen molar-refractivity contribution >= 4 is 43.6 Å². The van der Waals surface area contributed by atoms with Crippen LogP contribution in [-0.2, 0) is 0 Å². The first-order valence-electron chi connectivity index (χ1n) is 10.9. The van der Waals surface area contributed by atoms with Gasteiger partial charge in [-0.05, 0) is 42.5 Å². The molecule has 0 aliphatic rings. The van der Waals surface area contributed by atoms with Gasteiger partial charge in [-0.15, -0.1) is 0 Å². The predicted octanol–water partition coefficient (Wildman–Crippen LogP) is 7.68. The number of nitrogens with zero attached hydrogens (tertiary/aromatic N) is 2. The molecule has 2 nitrogen and oxygen atoms in total. The van der Waals surface area contributed by atoms with E-state index in [9.17, 15) is 0 Å². The van der Waals surface area contributed by atoms with Crippen molar-refractivity contribution in [1.29, 1.82) is 0 Å². The molecule has 2 heteroatoms. The summed E-state index contributed by atoms with van der Waals surface area (Å²) in [6.45, 7) is 0. The molecular formula is C30H19N2. The quantitative estimate of drug-likeness (QED) is 0.278. The smallest absolute Gasteiger partial charge is 0.0542 e. The highest BCUT2D eigenvalue weighted by molar-refractivity contribution is 6.12. The first-order chi connectivity index (χ1) is 15.9. The van der Waals surface area contributed by atoms with Crippen LogP contribution in [0.5, 0.6) is 0 Å². The lowest BCUT2D eigenvalue weighted by Gasteiger charge is -2.10. The second-order valence-corrected chi connectivity index (χ2v) is 8.17. The van der Waals surface area contributed by atoms with Crippen LogP contribution in [0.3, 0.4) is 0 Å². The van der Waals surface area contributed by atoms with Gasteiger partial charge in [0.2, 0.25) is 0 Å². The lowest BCUT2D eigenvalue weighted by molar-refractivity contribution is 1.16. The molecule has 0 amide bonds. The fourth-order valence-corrected chi connectivity index (χ4v) is 5.08. The fourth-order valence-electron chi connectivity index (χ4n) is 5.08. The van der Waals surface area contributed by atoms with Crippen molar-refractivity contribution in [3.63, 3.8) is 0 Å². The lowest BCUT2D eigenvalue weighted by Crippen LogP contribution is -1.95. The Labute approximate surface area is 185 Å². The van der Waals surface area contributed by atoms with Crippen molar-refractivity contribution in [3.8, 4) is 11.4 Å². The molecule has 0 N–H and O–H groups in total. The number of rotatable bonds is 2. The van der Waals surface area contributed by atoms with E-state index in [4.69, 9.17) is 0 Å². The molecule has 5 aromatic carbocycles. The van der Waals surface area contributed by atoms with E-state index in [0.717, 1.165) is 5.69 Å². The Hall–Kier alpha value is -4.30. The zero-order valence-corrected chi connectivity index (χ0v) is 17.4. The van der Waals surface area contributed by atoms with Crippen molar-refractivity contribution in [2.75, 3.05) is 0 Å². The van der Waals surface area contributed by atoms with E-state index in [0.29, 0.717) is 0 Å². The average molecular weight is 407 g/mol. The van der Waals surface area contributed by atoms with Gasteiger partial charge in [-0.25, -0.2) is 0 Å². The summed E-state index contributed by atoms with van der Waals surface area (Å²) in [7, 11) is 0. The van der Waals surface area contributed by atoms with E-state index >= 15 is 0 Å². The molecule has 7 aromatic rings. The molecule has 0 saturated carbocycles. The number of fused-ring (bicyclic) bond motifs is 6. The Bertz CT molecular complexity index is 1710. The summed E-state index contributed by atoms with van der Waals surface area (Å²) >= 11 is 0. The Morgan fingerprint density at radius 2 is 0.969 bits per heavy atom. The summed E-state index contributed by atoms with van der Waals surface area (Å²) in [4.78, 5) is 0. The molecule has 149 valence electrons. The van der Waals surface area contributed by atoms with Crippen LogP contribution in [0.15, 0.2) is 115 Å². The highest BCUT2D eigenvalue weighted by Crippen LogP contribution is 2.36. The van der Waals surface area contributed by atoms with Gasteiger partial charge >= 0.3 is 0 Å². The van der Waals surface area contributed by atoms with E-state index in [2.05, 4.69) is 118 Å². The third-order valence-electron chi connectivity index (χ3n) is 6.43. The maximum atomic E-state index is 3.40.